The van der Waals surface area contributed by atoms with E-state index in [0.29, 0.717) is 4.75 Å². The van der Waals surface area contributed by atoms with Crippen LogP contribution in [-0.4, -0.2) is 17.5 Å². The average Bonchev–Trinajstić information content (AvgIpc) is 3.01. The number of benzene rings is 1. The molecule has 1 aliphatic rings. The lowest BCUT2D eigenvalue weighted by molar-refractivity contribution is 0.948. The second-order valence-corrected chi connectivity index (χ2v) is 5.53. The van der Waals surface area contributed by atoms with Gasteiger partial charge in [0.15, 0.2) is 0 Å². The number of nitrogens with one attached hydrogen (secondary N) is 1. The molecule has 1 aromatic carbocycles. The summed E-state index contributed by atoms with van der Waals surface area (Å²) in [6, 6.07) is 6.05. The van der Waals surface area contributed by atoms with Crippen molar-refractivity contribution in [3.8, 4) is 0 Å². The van der Waals surface area contributed by atoms with E-state index in [1.807, 2.05) is 23.9 Å². The van der Waals surface area contributed by atoms with Gasteiger partial charge in [0.1, 0.15) is 0 Å². The number of rotatable bonds is 4. The second kappa shape index (κ2) is 3.97. The molecular formula is C12H18N2S. The maximum atomic E-state index is 5.86. The molecule has 1 aromatic rings. The normalized spacial score (nSPS) is 17.5. The zero-order valence-corrected chi connectivity index (χ0v) is 10.2. The van der Waals surface area contributed by atoms with Gasteiger partial charge in [-0.2, -0.15) is 11.8 Å². The first-order valence-corrected chi connectivity index (χ1v) is 6.53. The first kappa shape index (κ1) is 10.7. The fourth-order valence-corrected chi connectivity index (χ4v) is 2.42. The maximum absolute atomic E-state index is 5.86. The molecule has 0 radical (unpaired) electrons. The van der Waals surface area contributed by atoms with Crippen LogP contribution in [0.1, 0.15) is 18.4 Å². The summed E-state index contributed by atoms with van der Waals surface area (Å²) in [6.45, 7) is 3.12. The Bertz CT molecular complexity index is 359. The summed E-state index contributed by atoms with van der Waals surface area (Å²) in [4.78, 5) is 0. The van der Waals surface area contributed by atoms with E-state index in [4.69, 9.17) is 5.73 Å². The van der Waals surface area contributed by atoms with Crippen LogP contribution in [-0.2, 0) is 0 Å². The molecule has 3 heteroatoms. The molecular weight excluding hydrogens is 204 g/mol. The van der Waals surface area contributed by atoms with Crippen molar-refractivity contribution < 1.29 is 0 Å². The fraction of sp³-hybridized carbons (Fsp3) is 0.500. The van der Waals surface area contributed by atoms with Crippen molar-refractivity contribution in [2.45, 2.75) is 24.5 Å². The highest BCUT2D eigenvalue weighted by Gasteiger charge is 2.41. The molecule has 0 unspecified atom stereocenters. The molecule has 0 aromatic heterocycles. The Morgan fingerprint density at radius 1 is 1.47 bits per heavy atom. The summed E-state index contributed by atoms with van der Waals surface area (Å²) >= 11 is 1.97. The first-order valence-electron chi connectivity index (χ1n) is 5.31. The van der Waals surface area contributed by atoms with E-state index in [0.717, 1.165) is 17.8 Å². The molecule has 1 aliphatic carbocycles. The van der Waals surface area contributed by atoms with Crippen LogP contribution < -0.4 is 11.1 Å². The third kappa shape index (κ3) is 2.23. The summed E-state index contributed by atoms with van der Waals surface area (Å²) in [6.07, 6.45) is 4.87. The predicted molar refractivity (Wildman–Crippen MR) is 69.6 cm³/mol. The van der Waals surface area contributed by atoms with Gasteiger partial charge >= 0.3 is 0 Å². The van der Waals surface area contributed by atoms with Crippen LogP contribution in [0.3, 0.4) is 0 Å². The fourth-order valence-electron chi connectivity index (χ4n) is 1.69. The molecule has 3 N–H and O–H groups in total. The van der Waals surface area contributed by atoms with Crippen molar-refractivity contribution in [2.75, 3.05) is 23.9 Å². The highest BCUT2D eigenvalue weighted by atomic mass is 32.2. The van der Waals surface area contributed by atoms with E-state index >= 15 is 0 Å². The van der Waals surface area contributed by atoms with Gasteiger partial charge in [0, 0.05) is 22.7 Å². The summed E-state index contributed by atoms with van der Waals surface area (Å²) in [7, 11) is 0. The Balaban J connectivity index is 2.02. The number of hydrogen-bond acceptors (Lipinski definition) is 3. The first-order chi connectivity index (χ1) is 7.17. The Hall–Kier alpha value is -0.830. The van der Waals surface area contributed by atoms with Crippen LogP contribution in [0, 0.1) is 6.92 Å². The topological polar surface area (TPSA) is 38.0 Å². The predicted octanol–water partition coefficient (Wildman–Crippen LogP) is 2.88. The number of hydrogen-bond donors (Lipinski definition) is 2. The zero-order chi connectivity index (χ0) is 10.9. The van der Waals surface area contributed by atoms with Gasteiger partial charge in [-0.1, -0.05) is 6.07 Å². The molecule has 1 saturated carbocycles. The standard InChI is InChI=1S/C12H18N2S/c1-9-10(13)4-3-5-11(9)14-8-12(15-2)6-7-12/h3-5,14H,6-8,13H2,1-2H3. The van der Waals surface area contributed by atoms with Crippen LogP contribution in [0.2, 0.25) is 0 Å². The lowest BCUT2D eigenvalue weighted by atomic mass is 10.1. The molecule has 0 atom stereocenters. The van der Waals surface area contributed by atoms with E-state index in [1.165, 1.54) is 18.5 Å². The zero-order valence-electron chi connectivity index (χ0n) is 9.34. The monoisotopic (exact) mass is 222 g/mol. The van der Waals surface area contributed by atoms with E-state index < -0.39 is 0 Å². The third-order valence-electron chi connectivity index (χ3n) is 3.22. The average molecular weight is 222 g/mol. The molecule has 15 heavy (non-hydrogen) atoms. The van der Waals surface area contributed by atoms with Crippen molar-refractivity contribution in [3.63, 3.8) is 0 Å². The van der Waals surface area contributed by atoms with Gasteiger partial charge < -0.3 is 11.1 Å². The minimum absolute atomic E-state index is 0.497. The summed E-state index contributed by atoms with van der Waals surface area (Å²) in [5.41, 5.74) is 9.07. The molecule has 2 rings (SSSR count). The minimum Gasteiger partial charge on any atom is -0.398 e. The Morgan fingerprint density at radius 2 is 2.20 bits per heavy atom. The highest BCUT2D eigenvalue weighted by Crippen LogP contribution is 2.47. The number of nitrogen functional groups attached to an aromatic ring is 1. The maximum Gasteiger partial charge on any atom is 0.0391 e. The quantitative estimate of drug-likeness (QED) is 0.769. The van der Waals surface area contributed by atoms with Crippen LogP contribution in [0.4, 0.5) is 11.4 Å². The lowest BCUT2D eigenvalue weighted by Crippen LogP contribution is -2.18. The van der Waals surface area contributed by atoms with Gasteiger partial charge in [-0.05, 0) is 43.7 Å². The molecule has 82 valence electrons. The smallest absolute Gasteiger partial charge is 0.0391 e. The molecule has 0 bridgehead atoms. The molecule has 0 aliphatic heterocycles. The Kier molecular flexibility index (Phi) is 2.83. The molecule has 2 nitrogen and oxygen atoms in total. The van der Waals surface area contributed by atoms with Crippen LogP contribution >= 0.6 is 11.8 Å². The van der Waals surface area contributed by atoms with Crippen molar-refractivity contribution in [1.82, 2.24) is 0 Å². The van der Waals surface area contributed by atoms with Crippen LogP contribution in [0.5, 0.6) is 0 Å². The van der Waals surface area contributed by atoms with E-state index in [1.54, 1.807) is 0 Å². The van der Waals surface area contributed by atoms with Gasteiger partial charge in [-0.25, -0.2) is 0 Å². The van der Waals surface area contributed by atoms with Crippen LogP contribution in [0.25, 0.3) is 0 Å². The Labute approximate surface area is 95.6 Å². The van der Waals surface area contributed by atoms with E-state index in [-0.39, 0.29) is 0 Å². The van der Waals surface area contributed by atoms with Gasteiger partial charge in [0.25, 0.3) is 0 Å². The number of nitrogens with two attached hydrogens (primary N) is 1. The Morgan fingerprint density at radius 3 is 2.80 bits per heavy atom. The van der Waals surface area contributed by atoms with E-state index in [2.05, 4.69) is 24.6 Å². The minimum atomic E-state index is 0.497. The lowest BCUT2D eigenvalue weighted by Gasteiger charge is -2.16. The summed E-state index contributed by atoms with van der Waals surface area (Å²) in [5, 5.41) is 3.51. The SMILES string of the molecule is CSC1(CNc2cccc(N)c2C)CC1. The van der Waals surface area contributed by atoms with Gasteiger partial charge in [-0.3, -0.25) is 0 Å². The molecule has 1 fully saturated rings. The number of anilines is 2. The molecule has 0 heterocycles. The largest absolute Gasteiger partial charge is 0.398 e. The van der Waals surface area contributed by atoms with Gasteiger partial charge in [-0.15, -0.1) is 0 Å². The van der Waals surface area contributed by atoms with Crippen molar-refractivity contribution >= 4 is 23.1 Å². The van der Waals surface area contributed by atoms with Crippen molar-refractivity contribution in [2.24, 2.45) is 0 Å². The summed E-state index contributed by atoms with van der Waals surface area (Å²) < 4.78 is 0.497. The summed E-state index contributed by atoms with van der Waals surface area (Å²) in [5.74, 6) is 0. The highest BCUT2D eigenvalue weighted by molar-refractivity contribution is 8.00. The van der Waals surface area contributed by atoms with Crippen molar-refractivity contribution in [3.05, 3.63) is 23.8 Å². The molecule has 0 amide bonds. The van der Waals surface area contributed by atoms with Gasteiger partial charge in [0.2, 0.25) is 0 Å². The molecule has 0 saturated heterocycles. The van der Waals surface area contributed by atoms with Crippen LogP contribution in [0.15, 0.2) is 18.2 Å². The van der Waals surface area contributed by atoms with Gasteiger partial charge in [0.05, 0.1) is 0 Å². The number of thioether (sulfide) groups is 1. The third-order valence-corrected chi connectivity index (χ3v) is 4.64. The molecule has 0 spiro atoms. The van der Waals surface area contributed by atoms with E-state index in [9.17, 15) is 0 Å². The second-order valence-electron chi connectivity index (χ2n) is 4.26. The van der Waals surface area contributed by atoms with Crippen molar-refractivity contribution in [1.29, 1.82) is 0 Å².